The van der Waals surface area contributed by atoms with E-state index >= 15 is 0 Å². The van der Waals surface area contributed by atoms with Crippen LogP contribution in [0.4, 0.5) is 5.82 Å². The van der Waals surface area contributed by atoms with Crippen molar-refractivity contribution >= 4 is 21.6 Å². The number of aromatic nitrogens is 3. The minimum Gasteiger partial charge on any atom is -0.481 e. The smallest absolute Gasteiger partial charge is 0.258 e. The van der Waals surface area contributed by atoms with E-state index in [1.807, 2.05) is 6.07 Å². The van der Waals surface area contributed by atoms with Crippen molar-refractivity contribution < 1.29 is 17.9 Å². The van der Waals surface area contributed by atoms with Gasteiger partial charge in [0.25, 0.3) is 5.91 Å². The molecule has 1 aliphatic heterocycles. The summed E-state index contributed by atoms with van der Waals surface area (Å²) < 4.78 is 30.3. The van der Waals surface area contributed by atoms with E-state index in [0.29, 0.717) is 29.6 Å². The molecule has 2 aromatic rings. The molecule has 0 aromatic carbocycles. The Labute approximate surface area is 151 Å². The number of carbonyl (C=O) groups is 1. The summed E-state index contributed by atoms with van der Waals surface area (Å²) in [5.74, 6) is 1.28. The first kappa shape index (κ1) is 17.0. The van der Waals surface area contributed by atoms with Gasteiger partial charge in [0.1, 0.15) is 5.82 Å². The third kappa shape index (κ3) is 3.44. The SMILES string of the molecule is COc1ccc(C(=O)Nc2cc(C3CC3)nn2C2CCS(=O)(=O)C2)cn1. The summed E-state index contributed by atoms with van der Waals surface area (Å²) in [6.07, 6.45) is 4.11. The van der Waals surface area contributed by atoms with Gasteiger partial charge < -0.3 is 10.1 Å². The molecule has 4 rings (SSSR count). The lowest BCUT2D eigenvalue weighted by Crippen LogP contribution is -2.19. The monoisotopic (exact) mass is 376 g/mol. The van der Waals surface area contributed by atoms with Crippen molar-refractivity contribution in [3.8, 4) is 5.88 Å². The number of pyridine rings is 1. The van der Waals surface area contributed by atoms with Crippen LogP contribution in [0.5, 0.6) is 5.88 Å². The largest absolute Gasteiger partial charge is 0.481 e. The second-order valence-electron chi connectivity index (χ2n) is 6.77. The van der Waals surface area contributed by atoms with Crippen LogP contribution in [0.25, 0.3) is 0 Å². The summed E-state index contributed by atoms with van der Waals surface area (Å²) in [4.78, 5) is 16.6. The second kappa shape index (κ2) is 6.39. The number of hydrogen-bond acceptors (Lipinski definition) is 6. The molecule has 1 saturated carbocycles. The fraction of sp³-hybridized carbons (Fsp3) is 0.471. The van der Waals surface area contributed by atoms with Gasteiger partial charge in [-0.1, -0.05) is 0 Å². The molecule has 8 nitrogen and oxygen atoms in total. The Bertz CT molecular complexity index is 932. The fourth-order valence-corrected chi connectivity index (χ4v) is 4.85. The Hall–Kier alpha value is -2.42. The number of carbonyl (C=O) groups excluding carboxylic acids is 1. The van der Waals surface area contributed by atoms with Crippen molar-refractivity contribution in [1.82, 2.24) is 14.8 Å². The van der Waals surface area contributed by atoms with E-state index in [4.69, 9.17) is 4.74 Å². The van der Waals surface area contributed by atoms with Crippen molar-refractivity contribution in [2.24, 2.45) is 0 Å². The molecule has 9 heteroatoms. The first-order chi connectivity index (χ1) is 12.4. The van der Waals surface area contributed by atoms with Crippen molar-refractivity contribution in [3.05, 3.63) is 35.7 Å². The molecule has 0 radical (unpaired) electrons. The number of rotatable bonds is 5. The van der Waals surface area contributed by atoms with Gasteiger partial charge in [-0.2, -0.15) is 5.10 Å². The minimum absolute atomic E-state index is 0.0613. The van der Waals surface area contributed by atoms with E-state index < -0.39 is 9.84 Å². The third-order valence-electron chi connectivity index (χ3n) is 4.75. The average molecular weight is 376 g/mol. The summed E-state index contributed by atoms with van der Waals surface area (Å²) in [5.41, 5.74) is 1.31. The zero-order valence-corrected chi connectivity index (χ0v) is 15.2. The fourth-order valence-electron chi connectivity index (χ4n) is 3.16. The van der Waals surface area contributed by atoms with Crippen LogP contribution in [0, 0.1) is 0 Å². The van der Waals surface area contributed by atoms with Gasteiger partial charge in [-0.15, -0.1) is 0 Å². The van der Waals surface area contributed by atoms with Crippen molar-refractivity contribution in [1.29, 1.82) is 0 Å². The Morgan fingerprint density at radius 1 is 1.31 bits per heavy atom. The number of nitrogens with zero attached hydrogens (tertiary/aromatic N) is 3. The van der Waals surface area contributed by atoms with Crippen LogP contribution in [0.2, 0.25) is 0 Å². The molecule has 3 heterocycles. The van der Waals surface area contributed by atoms with Gasteiger partial charge in [0.05, 0.1) is 35.9 Å². The van der Waals surface area contributed by atoms with Crippen molar-refractivity contribution in [3.63, 3.8) is 0 Å². The number of methoxy groups -OCH3 is 1. The van der Waals surface area contributed by atoms with Crippen LogP contribution in [-0.2, 0) is 9.84 Å². The standard InChI is InChI=1S/C17H20N4O4S/c1-25-16-5-4-12(9-18-16)17(22)19-15-8-14(11-2-3-11)20-21(15)13-6-7-26(23,24)10-13/h4-5,8-9,11,13H,2-3,6-7,10H2,1H3,(H,19,22). The second-order valence-corrected chi connectivity index (χ2v) is 9.00. The molecule has 0 bridgehead atoms. The predicted molar refractivity (Wildman–Crippen MR) is 95.3 cm³/mol. The molecule has 0 spiro atoms. The van der Waals surface area contributed by atoms with E-state index in [-0.39, 0.29) is 23.5 Å². The highest BCUT2D eigenvalue weighted by Gasteiger charge is 2.34. The van der Waals surface area contributed by atoms with Gasteiger partial charge in [0.2, 0.25) is 5.88 Å². The molecule has 1 amide bonds. The van der Waals surface area contributed by atoms with Gasteiger partial charge in [-0.25, -0.2) is 18.1 Å². The van der Waals surface area contributed by atoms with Crippen LogP contribution in [0.1, 0.15) is 47.3 Å². The van der Waals surface area contributed by atoms with Crippen LogP contribution in [0.3, 0.4) is 0 Å². The number of nitrogens with one attached hydrogen (secondary N) is 1. The predicted octanol–water partition coefficient (Wildman–Crippen LogP) is 1.78. The molecule has 2 fully saturated rings. The molecule has 26 heavy (non-hydrogen) atoms. The van der Waals surface area contributed by atoms with Crippen LogP contribution in [-0.4, -0.2) is 47.7 Å². The van der Waals surface area contributed by atoms with E-state index in [1.165, 1.54) is 13.3 Å². The normalized spacial score (nSPS) is 21.5. The maximum absolute atomic E-state index is 12.6. The maximum Gasteiger partial charge on any atom is 0.258 e. The molecule has 1 saturated heterocycles. The lowest BCUT2D eigenvalue weighted by Gasteiger charge is -2.13. The number of sulfone groups is 1. The lowest BCUT2D eigenvalue weighted by molar-refractivity contribution is 0.102. The average Bonchev–Trinajstić information content (AvgIpc) is 3.30. The van der Waals surface area contributed by atoms with Crippen molar-refractivity contribution in [2.75, 3.05) is 23.9 Å². The summed E-state index contributed by atoms with van der Waals surface area (Å²) in [5, 5.41) is 7.45. The Kier molecular flexibility index (Phi) is 4.18. The van der Waals surface area contributed by atoms with Gasteiger partial charge >= 0.3 is 0 Å². The number of ether oxygens (including phenoxy) is 1. The molecule has 138 valence electrons. The molecule has 2 aliphatic rings. The molecular formula is C17H20N4O4S. The van der Waals surface area contributed by atoms with Gasteiger partial charge in [0, 0.05) is 24.2 Å². The van der Waals surface area contributed by atoms with Crippen LogP contribution < -0.4 is 10.1 Å². The summed E-state index contributed by atoms with van der Waals surface area (Å²) >= 11 is 0. The molecule has 1 aliphatic carbocycles. The van der Waals surface area contributed by atoms with Gasteiger partial charge in [-0.05, 0) is 25.3 Å². The zero-order valence-electron chi connectivity index (χ0n) is 14.4. The molecular weight excluding hydrogens is 356 g/mol. The number of amides is 1. The van der Waals surface area contributed by atoms with E-state index in [2.05, 4.69) is 15.4 Å². The lowest BCUT2D eigenvalue weighted by atomic mass is 10.2. The van der Waals surface area contributed by atoms with E-state index in [9.17, 15) is 13.2 Å². The highest BCUT2D eigenvalue weighted by molar-refractivity contribution is 7.91. The Balaban J connectivity index is 1.59. The topological polar surface area (TPSA) is 103 Å². The molecule has 2 aromatic heterocycles. The molecule has 1 unspecified atom stereocenters. The van der Waals surface area contributed by atoms with Gasteiger partial charge in [0.15, 0.2) is 9.84 Å². The summed E-state index contributed by atoms with van der Waals surface area (Å²) in [7, 11) is -1.53. The molecule has 1 atom stereocenters. The Morgan fingerprint density at radius 3 is 2.69 bits per heavy atom. The van der Waals surface area contributed by atoms with Gasteiger partial charge in [-0.3, -0.25) is 4.79 Å². The number of anilines is 1. The van der Waals surface area contributed by atoms with Crippen molar-refractivity contribution in [2.45, 2.75) is 31.2 Å². The van der Waals surface area contributed by atoms with Crippen LogP contribution in [0.15, 0.2) is 24.4 Å². The Morgan fingerprint density at radius 2 is 2.12 bits per heavy atom. The van der Waals surface area contributed by atoms with E-state index in [1.54, 1.807) is 16.8 Å². The zero-order chi connectivity index (χ0) is 18.3. The van der Waals surface area contributed by atoms with Crippen LogP contribution >= 0.6 is 0 Å². The molecule has 1 N–H and O–H groups in total. The first-order valence-electron chi connectivity index (χ1n) is 8.56. The highest BCUT2D eigenvalue weighted by Crippen LogP contribution is 2.41. The summed E-state index contributed by atoms with van der Waals surface area (Å²) in [6, 6.07) is 4.86. The maximum atomic E-state index is 12.6. The highest BCUT2D eigenvalue weighted by atomic mass is 32.2. The summed E-state index contributed by atoms with van der Waals surface area (Å²) in [6.45, 7) is 0. The first-order valence-corrected chi connectivity index (χ1v) is 10.4. The number of hydrogen-bond donors (Lipinski definition) is 1. The van der Waals surface area contributed by atoms with E-state index in [0.717, 1.165) is 18.5 Å². The minimum atomic E-state index is -3.04. The quantitative estimate of drug-likeness (QED) is 0.853. The third-order valence-corrected chi connectivity index (χ3v) is 6.50.